The molecule has 1 fully saturated rings. The topological polar surface area (TPSA) is 37.4 Å². The van der Waals surface area contributed by atoms with Crippen LogP contribution in [-0.4, -0.2) is 48.3 Å². The molecule has 2 heterocycles. The van der Waals surface area contributed by atoms with Gasteiger partial charge in [-0.05, 0) is 38.1 Å². The van der Waals surface area contributed by atoms with Crippen LogP contribution in [0.2, 0.25) is 0 Å². The van der Waals surface area contributed by atoms with Crippen molar-refractivity contribution >= 4 is 16.5 Å². The van der Waals surface area contributed by atoms with Crippen LogP contribution < -0.4 is 5.32 Å². The van der Waals surface area contributed by atoms with Gasteiger partial charge >= 0.3 is 0 Å². The second kappa shape index (κ2) is 7.38. The minimum atomic E-state index is -0.227. The molecule has 1 N–H and O–H groups in total. The third kappa shape index (κ3) is 4.07. The van der Waals surface area contributed by atoms with Gasteiger partial charge < -0.3 is 10.1 Å². The summed E-state index contributed by atoms with van der Waals surface area (Å²) < 4.78 is 18.4. The fourth-order valence-electron chi connectivity index (χ4n) is 2.71. The number of nitrogens with one attached hydrogen (secondary N) is 1. The highest BCUT2D eigenvalue weighted by Gasteiger charge is 2.22. The van der Waals surface area contributed by atoms with Gasteiger partial charge in [0.15, 0.2) is 5.13 Å². The second-order valence-corrected chi connectivity index (χ2v) is 6.72. The average Bonchev–Trinajstić information content (AvgIpc) is 3.04. The van der Waals surface area contributed by atoms with Gasteiger partial charge in [0.2, 0.25) is 0 Å². The quantitative estimate of drug-likeness (QED) is 0.908. The Hall–Kier alpha value is -1.50. The van der Waals surface area contributed by atoms with Gasteiger partial charge in [0.1, 0.15) is 5.82 Å². The Kier molecular flexibility index (Phi) is 5.25. The van der Waals surface area contributed by atoms with Gasteiger partial charge in [0.05, 0.1) is 18.9 Å². The van der Waals surface area contributed by atoms with Crippen molar-refractivity contribution in [2.24, 2.45) is 0 Å². The van der Waals surface area contributed by atoms with Crippen molar-refractivity contribution in [1.82, 2.24) is 9.88 Å². The molecule has 6 heteroatoms. The molecule has 2 unspecified atom stereocenters. The molecule has 2 atom stereocenters. The first-order chi connectivity index (χ1) is 11.1. The van der Waals surface area contributed by atoms with Crippen molar-refractivity contribution in [2.45, 2.75) is 25.9 Å². The Balaban J connectivity index is 1.62. The van der Waals surface area contributed by atoms with E-state index in [4.69, 9.17) is 4.74 Å². The number of halogens is 1. The summed E-state index contributed by atoms with van der Waals surface area (Å²) in [6, 6.07) is 7.15. The molecule has 0 radical (unpaired) electrons. The Bertz CT molecular complexity index is 625. The van der Waals surface area contributed by atoms with Crippen molar-refractivity contribution in [1.29, 1.82) is 0 Å². The minimum absolute atomic E-state index is 0.227. The van der Waals surface area contributed by atoms with Crippen molar-refractivity contribution in [3.8, 4) is 11.3 Å². The zero-order chi connectivity index (χ0) is 16.2. The second-order valence-electron chi connectivity index (χ2n) is 5.87. The van der Waals surface area contributed by atoms with E-state index in [2.05, 4.69) is 29.0 Å². The van der Waals surface area contributed by atoms with Gasteiger partial charge in [0.25, 0.3) is 0 Å². The van der Waals surface area contributed by atoms with Crippen LogP contribution in [0.4, 0.5) is 9.52 Å². The average molecular weight is 335 g/mol. The van der Waals surface area contributed by atoms with Crippen molar-refractivity contribution in [3.05, 3.63) is 35.5 Å². The number of rotatable bonds is 5. The summed E-state index contributed by atoms with van der Waals surface area (Å²) in [4.78, 5) is 7.06. The summed E-state index contributed by atoms with van der Waals surface area (Å²) in [5.41, 5.74) is 1.81. The Morgan fingerprint density at radius 2 is 1.91 bits per heavy atom. The maximum atomic E-state index is 13.0. The van der Waals surface area contributed by atoms with Gasteiger partial charge in [-0.1, -0.05) is 0 Å². The van der Waals surface area contributed by atoms with Gasteiger partial charge in [-0.15, -0.1) is 11.3 Å². The summed E-state index contributed by atoms with van der Waals surface area (Å²) in [5, 5.41) is 6.39. The van der Waals surface area contributed by atoms with E-state index in [0.717, 1.165) is 42.7 Å². The predicted octanol–water partition coefficient (Wildman–Crippen LogP) is 3.47. The highest BCUT2D eigenvalue weighted by Crippen LogP contribution is 2.26. The molecule has 3 rings (SSSR count). The number of aromatic nitrogens is 1. The largest absolute Gasteiger partial charge is 0.379 e. The Morgan fingerprint density at radius 1 is 1.22 bits per heavy atom. The Labute approximate surface area is 140 Å². The summed E-state index contributed by atoms with van der Waals surface area (Å²) in [6.07, 6.45) is 0. The lowest BCUT2D eigenvalue weighted by molar-refractivity contribution is 0.0176. The van der Waals surface area contributed by atoms with E-state index in [1.807, 2.05) is 5.38 Å². The lowest BCUT2D eigenvalue weighted by Gasteiger charge is -2.35. The third-order valence-electron chi connectivity index (χ3n) is 4.34. The normalized spacial score (nSPS) is 18.6. The fraction of sp³-hybridized carbons (Fsp3) is 0.471. The SMILES string of the molecule is CC(Nc1nc(-c2ccc(F)cc2)cs1)C(C)N1CCOCC1. The molecule has 0 spiro atoms. The first-order valence-corrected chi connectivity index (χ1v) is 8.81. The van der Waals surface area contributed by atoms with Crippen molar-refractivity contribution in [2.75, 3.05) is 31.6 Å². The number of anilines is 1. The van der Waals surface area contributed by atoms with Gasteiger partial charge in [0, 0.05) is 36.1 Å². The highest BCUT2D eigenvalue weighted by atomic mass is 32.1. The molecule has 1 aromatic carbocycles. The fourth-order valence-corrected chi connectivity index (χ4v) is 3.53. The monoisotopic (exact) mass is 335 g/mol. The molecular formula is C17H22FN3OS. The molecule has 0 saturated carbocycles. The predicted molar refractivity (Wildman–Crippen MR) is 92.4 cm³/mol. The van der Waals surface area contributed by atoms with Gasteiger partial charge in [-0.25, -0.2) is 9.37 Å². The summed E-state index contributed by atoms with van der Waals surface area (Å²) in [6.45, 7) is 7.99. The highest BCUT2D eigenvalue weighted by molar-refractivity contribution is 7.14. The van der Waals surface area contributed by atoms with E-state index in [0.29, 0.717) is 12.1 Å². The third-order valence-corrected chi connectivity index (χ3v) is 5.11. The summed E-state index contributed by atoms with van der Waals surface area (Å²) >= 11 is 1.58. The molecule has 2 aromatic rings. The van der Waals surface area contributed by atoms with E-state index in [9.17, 15) is 4.39 Å². The van der Waals surface area contributed by atoms with Crippen LogP contribution in [0.25, 0.3) is 11.3 Å². The molecule has 1 aliphatic rings. The molecule has 4 nitrogen and oxygen atoms in total. The van der Waals surface area contributed by atoms with E-state index in [-0.39, 0.29) is 5.82 Å². The van der Waals surface area contributed by atoms with Crippen LogP contribution >= 0.6 is 11.3 Å². The molecule has 1 aromatic heterocycles. The van der Waals surface area contributed by atoms with Crippen molar-refractivity contribution < 1.29 is 9.13 Å². The molecule has 0 amide bonds. The number of ether oxygens (including phenoxy) is 1. The molecule has 124 valence electrons. The minimum Gasteiger partial charge on any atom is -0.379 e. The van der Waals surface area contributed by atoms with Crippen molar-refractivity contribution in [3.63, 3.8) is 0 Å². The maximum absolute atomic E-state index is 13.0. The number of hydrogen-bond donors (Lipinski definition) is 1. The van der Waals surface area contributed by atoms with E-state index >= 15 is 0 Å². The van der Waals surface area contributed by atoms with Gasteiger partial charge in [-0.3, -0.25) is 4.90 Å². The van der Waals surface area contributed by atoms with E-state index < -0.39 is 0 Å². The standard InChI is InChI=1S/C17H22FN3OS/c1-12(13(2)21-7-9-22-10-8-21)19-17-20-16(11-23-17)14-3-5-15(18)6-4-14/h3-6,11-13H,7-10H2,1-2H3,(H,19,20). The van der Waals surface area contributed by atoms with Crippen LogP contribution in [0.5, 0.6) is 0 Å². The van der Waals surface area contributed by atoms with Gasteiger partial charge in [-0.2, -0.15) is 0 Å². The number of nitrogens with zero attached hydrogens (tertiary/aromatic N) is 2. The molecule has 1 aliphatic heterocycles. The van der Waals surface area contributed by atoms with E-state index in [1.165, 1.54) is 12.1 Å². The van der Waals surface area contributed by atoms with Crippen LogP contribution in [0.3, 0.4) is 0 Å². The van der Waals surface area contributed by atoms with E-state index in [1.54, 1.807) is 23.5 Å². The Morgan fingerprint density at radius 3 is 2.61 bits per heavy atom. The molecule has 23 heavy (non-hydrogen) atoms. The van der Waals surface area contributed by atoms with Crippen LogP contribution in [0.15, 0.2) is 29.6 Å². The lowest BCUT2D eigenvalue weighted by Crippen LogP contribution is -2.48. The lowest BCUT2D eigenvalue weighted by atomic mass is 10.1. The zero-order valence-electron chi connectivity index (χ0n) is 13.5. The first kappa shape index (κ1) is 16.4. The van der Waals surface area contributed by atoms with Crippen LogP contribution in [-0.2, 0) is 4.74 Å². The zero-order valence-corrected chi connectivity index (χ0v) is 14.3. The number of thiazole rings is 1. The summed E-state index contributed by atoms with van der Waals surface area (Å²) in [7, 11) is 0. The molecular weight excluding hydrogens is 313 g/mol. The summed E-state index contributed by atoms with van der Waals surface area (Å²) in [5.74, 6) is -0.227. The molecule has 0 bridgehead atoms. The number of benzene rings is 1. The van der Waals surface area contributed by atoms with Crippen LogP contribution in [0.1, 0.15) is 13.8 Å². The molecule has 0 aliphatic carbocycles. The first-order valence-electron chi connectivity index (χ1n) is 7.93. The smallest absolute Gasteiger partial charge is 0.183 e. The maximum Gasteiger partial charge on any atom is 0.183 e. The van der Waals surface area contributed by atoms with Crippen LogP contribution in [0, 0.1) is 5.82 Å². The number of hydrogen-bond acceptors (Lipinski definition) is 5. The number of morpholine rings is 1. The molecule has 1 saturated heterocycles.